The summed E-state index contributed by atoms with van der Waals surface area (Å²) in [6.45, 7) is 0. The van der Waals surface area contributed by atoms with Gasteiger partial charge in [-0.25, -0.2) is 19.2 Å². The monoisotopic (exact) mass is 420 g/mol. The molecule has 1 aliphatic carbocycles. The second kappa shape index (κ2) is 6.39. The second-order valence-electron chi connectivity index (χ2n) is 7.88. The summed E-state index contributed by atoms with van der Waals surface area (Å²) in [7, 11) is 4.94. The van der Waals surface area contributed by atoms with E-state index >= 15 is 0 Å². The summed E-state index contributed by atoms with van der Waals surface area (Å²) in [6.07, 6.45) is -2.64. The minimum atomic E-state index is -0.661. The molecule has 1 saturated carbocycles. The first kappa shape index (κ1) is 19.3. The lowest BCUT2D eigenvalue weighted by Gasteiger charge is -2.52. The number of carbonyl (C=O) groups is 4. The van der Waals surface area contributed by atoms with Crippen LogP contribution in [0.25, 0.3) is 0 Å². The minimum absolute atomic E-state index is 0.156. The number of ether oxygens (including phenoxy) is 6. The average molecular weight is 420 g/mol. The summed E-state index contributed by atoms with van der Waals surface area (Å²) in [5.74, 6) is -3.21. The van der Waals surface area contributed by atoms with Crippen molar-refractivity contribution >= 4 is 23.9 Å². The zero-order chi connectivity index (χ0) is 21.5. The molecule has 4 aliphatic heterocycles. The molecule has 4 unspecified atom stereocenters. The highest BCUT2D eigenvalue weighted by atomic mass is 16.6. The first-order valence-electron chi connectivity index (χ1n) is 9.53. The van der Waals surface area contributed by atoms with E-state index < -0.39 is 48.3 Å². The Hall–Kier alpha value is -2.72. The zero-order valence-corrected chi connectivity index (χ0v) is 16.7. The normalized spacial score (nSPS) is 39.3. The predicted octanol–water partition coefficient (Wildman–Crippen LogP) is -0.688. The molecule has 0 amide bonds. The van der Waals surface area contributed by atoms with Crippen LogP contribution in [-0.4, -0.2) is 76.7 Å². The Kier molecular flexibility index (Phi) is 4.10. The molecule has 5 aliphatic rings. The van der Waals surface area contributed by atoms with Crippen LogP contribution in [-0.2, 0) is 47.6 Å². The van der Waals surface area contributed by atoms with Crippen LogP contribution in [0.3, 0.4) is 0 Å². The Balaban J connectivity index is 1.56. The minimum Gasteiger partial charge on any atom is -0.466 e. The third kappa shape index (κ3) is 2.05. The van der Waals surface area contributed by atoms with Crippen LogP contribution in [0.5, 0.6) is 0 Å². The number of hydrogen-bond acceptors (Lipinski definition) is 10. The van der Waals surface area contributed by atoms with Gasteiger partial charge in [-0.3, -0.25) is 0 Å². The summed E-state index contributed by atoms with van der Waals surface area (Å²) < 4.78 is 31.6. The molecular weight excluding hydrogens is 400 g/mol. The van der Waals surface area contributed by atoms with Crippen molar-refractivity contribution < 1.29 is 47.6 Å². The number of fused-ring (bicyclic) bond motifs is 12. The maximum Gasteiger partial charge on any atom is 0.337 e. The molecule has 0 spiro atoms. The van der Waals surface area contributed by atoms with Gasteiger partial charge in [0.2, 0.25) is 0 Å². The Labute approximate surface area is 171 Å². The molecule has 0 aromatic carbocycles. The van der Waals surface area contributed by atoms with Crippen LogP contribution in [0.15, 0.2) is 22.3 Å². The van der Waals surface area contributed by atoms with E-state index in [9.17, 15) is 19.2 Å². The van der Waals surface area contributed by atoms with Crippen molar-refractivity contribution in [1.29, 1.82) is 0 Å². The maximum atomic E-state index is 12.4. The van der Waals surface area contributed by atoms with Gasteiger partial charge in [0, 0.05) is 23.7 Å². The zero-order valence-electron chi connectivity index (χ0n) is 16.7. The second-order valence-corrected chi connectivity index (χ2v) is 7.88. The lowest BCUT2D eigenvalue weighted by Crippen LogP contribution is -2.59. The number of esters is 4. The molecule has 0 radical (unpaired) electrons. The third-order valence-corrected chi connectivity index (χ3v) is 7.10. The van der Waals surface area contributed by atoms with Crippen molar-refractivity contribution in [3.05, 3.63) is 22.3 Å². The van der Waals surface area contributed by atoms with Crippen molar-refractivity contribution in [3.8, 4) is 0 Å². The molecule has 2 saturated heterocycles. The van der Waals surface area contributed by atoms with Gasteiger partial charge in [0.15, 0.2) is 0 Å². The first-order chi connectivity index (χ1) is 14.4. The van der Waals surface area contributed by atoms with Crippen molar-refractivity contribution in [2.24, 2.45) is 23.7 Å². The lowest BCUT2D eigenvalue weighted by molar-refractivity contribution is -0.142. The summed E-state index contributed by atoms with van der Waals surface area (Å²) in [5, 5.41) is 0. The van der Waals surface area contributed by atoms with E-state index in [0.717, 1.165) is 0 Å². The van der Waals surface area contributed by atoms with Crippen molar-refractivity contribution in [2.75, 3.05) is 28.4 Å². The molecule has 4 atom stereocenters. The average Bonchev–Trinajstić information content (AvgIpc) is 3.46. The number of hydrogen-bond donors (Lipinski definition) is 0. The van der Waals surface area contributed by atoms with Crippen LogP contribution in [0.2, 0.25) is 0 Å². The molecule has 3 fully saturated rings. The highest BCUT2D eigenvalue weighted by Crippen LogP contribution is 2.70. The molecule has 0 aromatic heterocycles. The van der Waals surface area contributed by atoms with E-state index in [1.165, 1.54) is 28.4 Å². The molecular formula is C20H20O10. The summed E-state index contributed by atoms with van der Waals surface area (Å²) in [4.78, 5) is 49.7. The molecule has 0 N–H and O–H groups in total. The SMILES string of the molecule is COC(=O)C1=C(C(=O)OC)C2OC1C1C2C2C3OC(C(C(=O)OC)=C3C(=O)OC)C12. The van der Waals surface area contributed by atoms with Gasteiger partial charge in [-0.1, -0.05) is 0 Å². The van der Waals surface area contributed by atoms with E-state index in [1.54, 1.807) is 0 Å². The predicted molar refractivity (Wildman–Crippen MR) is 93.4 cm³/mol. The Morgan fingerprint density at radius 3 is 0.867 bits per heavy atom. The fourth-order valence-corrected chi connectivity index (χ4v) is 6.17. The molecule has 4 heterocycles. The number of carbonyl (C=O) groups excluding carboxylic acids is 4. The number of methoxy groups -OCH3 is 4. The summed E-state index contributed by atoms with van der Waals surface area (Å²) in [6, 6.07) is 0. The van der Waals surface area contributed by atoms with Gasteiger partial charge in [0.25, 0.3) is 0 Å². The maximum absolute atomic E-state index is 12.4. The highest BCUT2D eigenvalue weighted by molar-refractivity contribution is 6.05. The van der Waals surface area contributed by atoms with E-state index in [4.69, 9.17) is 28.4 Å². The van der Waals surface area contributed by atoms with Crippen molar-refractivity contribution in [1.82, 2.24) is 0 Å². The summed E-state index contributed by atoms with van der Waals surface area (Å²) >= 11 is 0. The van der Waals surface area contributed by atoms with Crippen LogP contribution in [0.1, 0.15) is 0 Å². The third-order valence-electron chi connectivity index (χ3n) is 7.10. The van der Waals surface area contributed by atoms with Gasteiger partial charge >= 0.3 is 23.9 Å². The number of rotatable bonds is 4. The molecule has 160 valence electrons. The van der Waals surface area contributed by atoms with Crippen LogP contribution in [0.4, 0.5) is 0 Å². The largest absolute Gasteiger partial charge is 0.466 e. The van der Waals surface area contributed by atoms with Gasteiger partial charge in [-0.2, -0.15) is 0 Å². The first-order valence-corrected chi connectivity index (χ1v) is 9.53. The van der Waals surface area contributed by atoms with Crippen LogP contribution >= 0.6 is 0 Å². The lowest BCUT2D eigenvalue weighted by atomic mass is 9.47. The highest BCUT2D eigenvalue weighted by Gasteiger charge is 2.77. The Bertz CT molecular complexity index is 789. The van der Waals surface area contributed by atoms with Crippen molar-refractivity contribution in [2.45, 2.75) is 24.4 Å². The molecule has 5 rings (SSSR count). The fraction of sp³-hybridized carbons (Fsp3) is 0.600. The van der Waals surface area contributed by atoms with Crippen molar-refractivity contribution in [3.63, 3.8) is 0 Å². The quantitative estimate of drug-likeness (QED) is 0.426. The fourth-order valence-electron chi connectivity index (χ4n) is 6.17. The van der Waals surface area contributed by atoms with Gasteiger partial charge in [0.05, 0.1) is 75.1 Å². The molecule has 10 heteroatoms. The van der Waals surface area contributed by atoms with E-state index in [0.29, 0.717) is 0 Å². The van der Waals surface area contributed by atoms with Crippen LogP contribution < -0.4 is 0 Å². The smallest absolute Gasteiger partial charge is 0.337 e. The molecule has 0 aromatic rings. The van der Waals surface area contributed by atoms with Crippen LogP contribution in [0, 0.1) is 23.7 Å². The van der Waals surface area contributed by atoms with Gasteiger partial charge in [-0.15, -0.1) is 0 Å². The van der Waals surface area contributed by atoms with E-state index in [1.807, 2.05) is 0 Å². The Morgan fingerprint density at radius 1 is 0.500 bits per heavy atom. The Morgan fingerprint density at radius 2 is 0.700 bits per heavy atom. The van der Waals surface area contributed by atoms with E-state index in [2.05, 4.69) is 0 Å². The summed E-state index contributed by atoms with van der Waals surface area (Å²) in [5.41, 5.74) is 0.643. The standard InChI is InChI=1S/C20H20O10/c1-25-17(21)9-10(18(22)26-2)14-6-5(13(9)29-14)7-8(6)16-12(20(24)28-4)11(15(7)30-16)19(23)27-3/h5-8,13-16H,1-4H3. The van der Waals surface area contributed by atoms with Gasteiger partial charge in [0.1, 0.15) is 0 Å². The molecule has 4 bridgehead atoms. The molecule has 30 heavy (non-hydrogen) atoms. The van der Waals surface area contributed by atoms with Gasteiger partial charge < -0.3 is 28.4 Å². The van der Waals surface area contributed by atoms with E-state index in [-0.39, 0.29) is 46.0 Å². The van der Waals surface area contributed by atoms with Gasteiger partial charge in [-0.05, 0) is 0 Å². The topological polar surface area (TPSA) is 124 Å². The molecule has 10 nitrogen and oxygen atoms in total.